The summed E-state index contributed by atoms with van der Waals surface area (Å²) in [5, 5.41) is 7.92. The van der Waals surface area contributed by atoms with Crippen molar-refractivity contribution in [3.05, 3.63) is 40.5 Å². The average molecular weight is 435 g/mol. The van der Waals surface area contributed by atoms with Crippen molar-refractivity contribution >= 4 is 17.0 Å². The van der Waals surface area contributed by atoms with Gasteiger partial charge in [0.05, 0.1) is 33.6 Å². The molecule has 1 aliphatic heterocycles. The van der Waals surface area contributed by atoms with Crippen LogP contribution in [-0.2, 0) is 12.7 Å². The normalized spacial score (nSPS) is 17.5. The van der Waals surface area contributed by atoms with Gasteiger partial charge in [-0.2, -0.15) is 18.3 Å². The number of hydrogen-bond acceptors (Lipinski definition) is 5. The molecule has 0 saturated carbocycles. The third kappa shape index (κ3) is 4.03. The Bertz CT molecular complexity index is 1120. The van der Waals surface area contributed by atoms with Gasteiger partial charge in [0.15, 0.2) is 0 Å². The molecule has 1 amide bonds. The Kier molecular flexibility index (Phi) is 5.49. The third-order valence-electron chi connectivity index (χ3n) is 5.70. The zero-order chi connectivity index (χ0) is 22.3. The molecule has 1 aliphatic rings. The van der Waals surface area contributed by atoms with E-state index in [9.17, 15) is 18.0 Å². The van der Waals surface area contributed by atoms with Gasteiger partial charge in [0.2, 0.25) is 0 Å². The van der Waals surface area contributed by atoms with Crippen molar-refractivity contribution in [3.8, 4) is 0 Å². The fourth-order valence-electron chi connectivity index (χ4n) is 4.19. The Morgan fingerprint density at radius 2 is 2.06 bits per heavy atom. The van der Waals surface area contributed by atoms with Crippen molar-refractivity contribution in [1.82, 2.24) is 24.8 Å². The smallest absolute Gasteiger partial charge is 0.338 e. The first-order chi connectivity index (χ1) is 14.7. The first-order valence-electron chi connectivity index (χ1n) is 10.4. The number of nitrogens with zero attached hydrogens (tertiary/aromatic N) is 5. The predicted molar refractivity (Wildman–Crippen MR) is 107 cm³/mol. The second-order valence-electron chi connectivity index (χ2n) is 8.02. The van der Waals surface area contributed by atoms with Crippen molar-refractivity contribution in [2.75, 3.05) is 13.1 Å². The SMILES string of the molecule is CCCn1cc(C(=O)N2CCC[C@H](c3cc(C(F)(F)F)c4c(C)noc4n3)C2)c(C)n1. The van der Waals surface area contributed by atoms with Crippen LogP contribution in [0.1, 0.15) is 65.1 Å². The number of carbonyl (C=O) groups excluding carboxylic acids is 1. The van der Waals surface area contributed by atoms with Gasteiger partial charge in [-0.3, -0.25) is 9.48 Å². The maximum atomic E-state index is 13.7. The minimum Gasteiger partial charge on any atom is -0.338 e. The molecular weight excluding hydrogens is 411 g/mol. The molecule has 3 aromatic rings. The largest absolute Gasteiger partial charge is 0.417 e. The summed E-state index contributed by atoms with van der Waals surface area (Å²) < 4.78 is 47.9. The van der Waals surface area contributed by atoms with Crippen LogP contribution in [0.25, 0.3) is 11.1 Å². The maximum Gasteiger partial charge on any atom is 0.417 e. The van der Waals surface area contributed by atoms with E-state index in [4.69, 9.17) is 4.52 Å². The summed E-state index contributed by atoms with van der Waals surface area (Å²) in [5.41, 5.74) is 0.679. The van der Waals surface area contributed by atoms with Gasteiger partial charge in [-0.1, -0.05) is 12.1 Å². The number of aromatic nitrogens is 4. The second kappa shape index (κ2) is 7.97. The fourth-order valence-corrected chi connectivity index (χ4v) is 4.19. The van der Waals surface area contributed by atoms with E-state index in [1.54, 1.807) is 22.7 Å². The monoisotopic (exact) mass is 435 g/mol. The molecule has 7 nitrogen and oxygen atoms in total. The summed E-state index contributed by atoms with van der Waals surface area (Å²) in [7, 11) is 0. The molecule has 166 valence electrons. The van der Waals surface area contributed by atoms with Crippen molar-refractivity contribution in [2.24, 2.45) is 0 Å². The second-order valence-corrected chi connectivity index (χ2v) is 8.02. The first-order valence-corrected chi connectivity index (χ1v) is 10.4. The van der Waals surface area contributed by atoms with Gasteiger partial charge in [-0.25, -0.2) is 4.98 Å². The molecular formula is C21H24F3N5O2. The van der Waals surface area contributed by atoms with Gasteiger partial charge >= 0.3 is 6.18 Å². The Morgan fingerprint density at radius 3 is 2.77 bits per heavy atom. The van der Waals surface area contributed by atoms with Gasteiger partial charge in [-0.15, -0.1) is 0 Å². The summed E-state index contributed by atoms with van der Waals surface area (Å²) in [6, 6.07) is 1.08. The van der Waals surface area contributed by atoms with Gasteiger partial charge in [0.25, 0.3) is 11.6 Å². The number of hydrogen-bond donors (Lipinski definition) is 0. The Balaban J connectivity index is 1.63. The summed E-state index contributed by atoms with van der Waals surface area (Å²) in [4.78, 5) is 19.1. The van der Waals surface area contributed by atoms with E-state index >= 15 is 0 Å². The number of fused-ring (bicyclic) bond motifs is 1. The zero-order valence-corrected chi connectivity index (χ0v) is 17.7. The third-order valence-corrected chi connectivity index (χ3v) is 5.70. The molecule has 4 rings (SSSR count). The topological polar surface area (TPSA) is 77.0 Å². The molecule has 4 heterocycles. The number of pyridine rings is 1. The minimum absolute atomic E-state index is 0.112. The summed E-state index contributed by atoms with van der Waals surface area (Å²) in [5.74, 6) is -0.475. The van der Waals surface area contributed by atoms with Crippen molar-refractivity contribution in [3.63, 3.8) is 0 Å². The average Bonchev–Trinajstić information content (AvgIpc) is 3.29. The van der Waals surface area contributed by atoms with Crippen molar-refractivity contribution in [2.45, 2.75) is 58.7 Å². The molecule has 1 saturated heterocycles. The number of alkyl halides is 3. The van der Waals surface area contributed by atoms with E-state index < -0.39 is 11.7 Å². The molecule has 0 N–H and O–H groups in total. The van der Waals surface area contributed by atoms with Crippen molar-refractivity contribution < 1.29 is 22.5 Å². The van der Waals surface area contributed by atoms with Crippen LogP contribution in [0.5, 0.6) is 0 Å². The molecule has 10 heteroatoms. The standard InChI is InChI=1S/C21H24F3N5O2/c1-4-7-29-11-15(12(2)26-29)20(30)28-8-5-6-14(10-28)17-9-16(21(22,23)24)18-13(3)27-31-19(18)25-17/h9,11,14H,4-8,10H2,1-3H3/t14-/m0/s1. The number of carbonyl (C=O) groups is 1. The quantitative estimate of drug-likeness (QED) is 0.604. The lowest BCUT2D eigenvalue weighted by molar-refractivity contribution is -0.136. The molecule has 0 bridgehead atoms. The number of rotatable bonds is 4. The van der Waals surface area contributed by atoms with Crippen LogP contribution in [-0.4, -0.2) is 43.8 Å². The molecule has 0 spiro atoms. The van der Waals surface area contributed by atoms with Gasteiger partial charge in [0, 0.05) is 31.7 Å². The van der Waals surface area contributed by atoms with Crippen LogP contribution in [0.3, 0.4) is 0 Å². The molecule has 0 aromatic carbocycles. The number of likely N-dealkylation sites (tertiary alicyclic amines) is 1. The highest BCUT2D eigenvalue weighted by atomic mass is 19.4. The first kappa shape index (κ1) is 21.3. The number of aryl methyl sites for hydroxylation is 3. The van der Waals surface area contributed by atoms with Crippen LogP contribution < -0.4 is 0 Å². The summed E-state index contributed by atoms with van der Waals surface area (Å²) >= 11 is 0. The number of piperidine rings is 1. The van der Waals surface area contributed by atoms with Crippen LogP contribution >= 0.6 is 0 Å². The van der Waals surface area contributed by atoms with E-state index in [1.807, 2.05) is 6.92 Å². The fraction of sp³-hybridized carbons (Fsp3) is 0.524. The van der Waals surface area contributed by atoms with Crippen LogP contribution in [0.4, 0.5) is 13.2 Å². The Hall–Kier alpha value is -2.91. The lowest BCUT2D eigenvalue weighted by atomic mass is 9.92. The predicted octanol–water partition coefficient (Wildman–Crippen LogP) is 4.48. The molecule has 0 aliphatic carbocycles. The zero-order valence-electron chi connectivity index (χ0n) is 17.7. The Morgan fingerprint density at radius 1 is 1.29 bits per heavy atom. The van der Waals surface area contributed by atoms with Crippen LogP contribution in [0.15, 0.2) is 16.8 Å². The van der Waals surface area contributed by atoms with E-state index in [-0.39, 0.29) is 34.3 Å². The van der Waals surface area contributed by atoms with Gasteiger partial charge in [0.1, 0.15) is 0 Å². The highest BCUT2D eigenvalue weighted by Gasteiger charge is 2.37. The summed E-state index contributed by atoms with van der Waals surface area (Å²) in [6.07, 6.45) is -0.595. The summed E-state index contributed by atoms with van der Waals surface area (Å²) in [6.45, 7) is 6.84. The molecule has 1 atom stereocenters. The lowest BCUT2D eigenvalue weighted by Crippen LogP contribution is -2.39. The molecule has 0 radical (unpaired) electrons. The van der Waals surface area contributed by atoms with Gasteiger partial charge < -0.3 is 9.42 Å². The van der Waals surface area contributed by atoms with E-state index in [0.717, 1.165) is 19.0 Å². The highest BCUT2D eigenvalue weighted by molar-refractivity contribution is 5.95. The van der Waals surface area contributed by atoms with Crippen LogP contribution in [0, 0.1) is 13.8 Å². The van der Waals surface area contributed by atoms with Crippen LogP contribution in [0.2, 0.25) is 0 Å². The molecule has 31 heavy (non-hydrogen) atoms. The van der Waals surface area contributed by atoms with E-state index in [1.165, 1.54) is 6.92 Å². The van der Waals surface area contributed by atoms with E-state index in [0.29, 0.717) is 37.2 Å². The molecule has 3 aromatic heterocycles. The molecule has 0 unspecified atom stereocenters. The van der Waals surface area contributed by atoms with E-state index in [2.05, 4.69) is 15.2 Å². The highest BCUT2D eigenvalue weighted by Crippen LogP contribution is 2.38. The number of halogens is 3. The lowest BCUT2D eigenvalue weighted by Gasteiger charge is -2.32. The minimum atomic E-state index is -4.55. The van der Waals surface area contributed by atoms with Gasteiger partial charge in [-0.05, 0) is 39.2 Å². The Labute approximate surface area is 177 Å². The molecule has 1 fully saturated rings. The maximum absolute atomic E-state index is 13.7. The van der Waals surface area contributed by atoms with Crippen molar-refractivity contribution in [1.29, 1.82) is 0 Å². The number of amides is 1.